The lowest BCUT2D eigenvalue weighted by Gasteiger charge is -2.15. The number of aromatic nitrogens is 2. The Kier molecular flexibility index (Phi) is 6.00. The van der Waals surface area contributed by atoms with Crippen molar-refractivity contribution in [2.75, 3.05) is 10.6 Å². The van der Waals surface area contributed by atoms with Gasteiger partial charge in [-0.3, -0.25) is 10.2 Å². The van der Waals surface area contributed by atoms with Crippen LogP contribution in [0.1, 0.15) is 31.7 Å². The first-order chi connectivity index (χ1) is 16.0. The zero-order valence-corrected chi connectivity index (χ0v) is 19.4. The van der Waals surface area contributed by atoms with Gasteiger partial charge >= 0.3 is 0 Å². The summed E-state index contributed by atoms with van der Waals surface area (Å²) in [5.41, 5.74) is 8.07. The number of nitrogens with zero attached hydrogens (tertiary/aromatic N) is 3. The van der Waals surface area contributed by atoms with Crippen LogP contribution >= 0.6 is 11.8 Å². The summed E-state index contributed by atoms with van der Waals surface area (Å²) in [5.74, 6) is 1.05. The van der Waals surface area contributed by atoms with E-state index < -0.39 is 0 Å². The second kappa shape index (κ2) is 9.23. The van der Waals surface area contributed by atoms with Crippen LogP contribution in [0.4, 0.5) is 11.5 Å². The van der Waals surface area contributed by atoms with Gasteiger partial charge in [0.15, 0.2) is 5.16 Å². The van der Waals surface area contributed by atoms with Gasteiger partial charge < -0.3 is 10.6 Å². The molecule has 1 saturated carbocycles. The first-order valence-corrected chi connectivity index (χ1v) is 11.9. The molecule has 1 aromatic heterocycles. The van der Waals surface area contributed by atoms with E-state index in [0.29, 0.717) is 5.16 Å². The second-order valence-electron chi connectivity index (χ2n) is 8.56. The van der Waals surface area contributed by atoms with Crippen LogP contribution < -0.4 is 16.1 Å². The molecule has 1 atom stereocenters. The normalized spacial score (nSPS) is 17.3. The van der Waals surface area contributed by atoms with Gasteiger partial charge in [0.1, 0.15) is 12.0 Å². The number of carbonyl (C=O) groups is 1. The van der Waals surface area contributed by atoms with Gasteiger partial charge in [0, 0.05) is 40.3 Å². The van der Waals surface area contributed by atoms with Gasteiger partial charge in [-0.15, -0.1) is 0 Å². The summed E-state index contributed by atoms with van der Waals surface area (Å²) < 4.78 is 0. The maximum Gasteiger partial charge on any atom is 0.227 e. The highest BCUT2D eigenvalue weighted by Gasteiger charge is 2.29. The molecule has 33 heavy (non-hydrogen) atoms. The van der Waals surface area contributed by atoms with Gasteiger partial charge in [-0.25, -0.2) is 9.97 Å². The van der Waals surface area contributed by atoms with E-state index in [1.165, 1.54) is 17.3 Å². The molecule has 2 heterocycles. The third-order valence-corrected chi connectivity index (χ3v) is 6.40. The molecule has 1 amide bonds. The number of aryl methyl sites for hydroxylation is 1. The molecule has 0 unspecified atom stereocenters. The predicted octanol–water partition coefficient (Wildman–Crippen LogP) is 5.06. The highest BCUT2D eigenvalue weighted by atomic mass is 32.2. The maximum absolute atomic E-state index is 12.0. The molecule has 0 radical (unpaired) electrons. The summed E-state index contributed by atoms with van der Waals surface area (Å²) in [6.45, 7) is 4.08. The average molecular weight is 459 g/mol. The third kappa shape index (κ3) is 5.51. The van der Waals surface area contributed by atoms with E-state index in [4.69, 9.17) is 9.97 Å². The number of benzene rings is 2. The van der Waals surface area contributed by atoms with Gasteiger partial charge in [-0.1, -0.05) is 23.8 Å². The van der Waals surface area contributed by atoms with Gasteiger partial charge in [-0.05, 0) is 68.8 Å². The minimum atomic E-state index is 0.0115. The van der Waals surface area contributed by atoms with Crippen molar-refractivity contribution < 1.29 is 4.79 Å². The van der Waals surface area contributed by atoms with Crippen LogP contribution in [0.3, 0.4) is 0 Å². The van der Waals surface area contributed by atoms with Crippen LogP contribution in [0.25, 0.3) is 11.3 Å². The van der Waals surface area contributed by atoms with Gasteiger partial charge in [0.2, 0.25) is 5.91 Å². The summed E-state index contributed by atoms with van der Waals surface area (Å²) in [6, 6.07) is 18.1. The number of hydrogen-bond donors (Lipinski definition) is 3. The molecule has 2 aliphatic rings. The Morgan fingerprint density at radius 3 is 2.58 bits per heavy atom. The molecule has 8 heteroatoms. The van der Waals surface area contributed by atoms with Crippen LogP contribution in [0, 0.1) is 12.8 Å². The van der Waals surface area contributed by atoms with Crippen LogP contribution in [-0.4, -0.2) is 27.8 Å². The first-order valence-electron chi connectivity index (χ1n) is 11.1. The molecule has 168 valence electrons. The molecule has 1 fully saturated rings. The Labute approximate surface area is 197 Å². The van der Waals surface area contributed by atoms with Crippen molar-refractivity contribution in [3.8, 4) is 11.3 Å². The Balaban J connectivity index is 1.37. The average Bonchev–Trinajstić information content (AvgIpc) is 3.58. The molecule has 5 rings (SSSR count). The lowest BCUT2D eigenvalue weighted by molar-refractivity contribution is -0.117. The highest BCUT2D eigenvalue weighted by molar-refractivity contribution is 7.99. The molecule has 0 saturated heterocycles. The Bertz CT molecular complexity index is 1210. The second-order valence-corrected chi connectivity index (χ2v) is 9.60. The molecule has 7 nitrogen and oxygen atoms in total. The quantitative estimate of drug-likeness (QED) is 0.429. The van der Waals surface area contributed by atoms with Crippen molar-refractivity contribution in [2.24, 2.45) is 11.0 Å². The van der Waals surface area contributed by atoms with Crippen molar-refractivity contribution in [1.29, 1.82) is 0 Å². The Hall–Kier alpha value is -3.39. The number of amides is 1. The SMILES string of the molecule is CC1=NN[C@H](Nc2cc(-c3cccc(C)c3)nc(Sc3ccc(NC(=O)C4CC4)cc3)n2)C1. The molecule has 1 aliphatic carbocycles. The van der Waals surface area contributed by atoms with E-state index in [9.17, 15) is 4.79 Å². The minimum Gasteiger partial charge on any atom is -0.348 e. The zero-order valence-electron chi connectivity index (χ0n) is 18.6. The maximum atomic E-state index is 12.0. The number of hydrogen-bond acceptors (Lipinski definition) is 7. The fourth-order valence-corrected chi connectivity index (χ4v) is 4.41. The summed E-state index contributed by atoms with van der Waals surface area (Å²) >= 11 is 1.50. The molecule has 2 aromatic carbocycles. The number of carbonyl (C=O) groups excluding carboxylic acids is 1. The molecule has 3 N–H and O–H groups in total. The molecular formula is C25H26N6OS. The van der Waals surface area contributed by atoms with E-state index >= 15 is 0 Å². The number of hydrazone groups is 1. The number of anilines is 2. The summed E-state index contributed by atoms with van der Waals surface area (Å²) in [6.07, 6.45) is 2.82. The van der Waals surface area contributed by atoms with E-state index in [1.807, 2.05) is 43.3 Å². The van der Waals surface area contributed by atoms with Crippen molar-refractivity contribution in [3.05, 3.63) is 60.2 Å². The fraction of sp³-hybridized carbons (Fsp3) is 0.280. The van der Waals surface area contributed by atoms with E-state index in [2.05, 4.69) is 46.3 Å². The lowest BCUT2D eigenvalue weighted by Crippen LogP contribution is -2.29. The Morgan fingerprint density at radius 2 is 1.88 bits per heavy atom. The van der Waals surface area contributed by atoms with E-state index in [0.717, 1.165) is 52.6 Å². The molecule has 3 aromatic rings. The van der Waals surface area contributed by atoms with E-state index in [-0.39, 0.29) is 18.0 Å². The van der Waals surface area contributed by atoms with Crippen molar-refractivity contribution in [2.45, 2.75) is 49.3 Å². The van der Waals surface area contributed by atoms with Crippen molar-refractivity contribution >= 4 is 34.9 Å². The van der Waals surface area contributed by atoms with Gasteiger partial charge in [0.25, 0.3) is 0 Å². The van der Waals surface area contributed by atoms with E-state index in [1.54, 1.807) is 0 Å². The smallest absolute Gasteiger partial charge is 0.227 e. The molecule has 0 bridgehead atoms. The van der Waals surface area contributed by atoms with Crippen molar-refractivity contribution in [3.63, 3.8) is 0 Å². The zero-order chi connectivity index (χ0) is 22.8. The monoisotopic (exact) mass is 458 g/mol. The van der Waals surface area contributed by atoms with Crippen LogP contribution in [0.2, 0.25) is 0 Å². The fourth-order valence-electron chi connectivity index (χ4n) is 3.64. The largest absolute Gasteiger partial charge is 0.348 e. The summed E-state index contributed by atoms with van der Waals surface area (Å²) in [5, 5.41) is 11.3. The van der Waals surface area contributed by atoms with Crippen LogP contribution in [-0.2, 0) is 4.79 Å². The Morgan fingerprint density at radius 1 is 1.06 bits per heavy atom. The molecular weight excluding hydrogens is 432 g/mol. The standard InChI is InChI=1S/C25H26N6OS/c1-15-4-3-5-18(12-15)21-14-22(28-23-13-16(2)30-31-23)29-25(27-21)33-20-10-8-19(9-11-20)26-24(32)17-6-7-17/h3-5,8-12,14,17,23,31H,6-7,13H2,1-2H3,(H,26,32)(H,27,28,29)/t23-/m0/s1. The lowest BCUT2D eigenvalue weighted by atomic mass is 10.1. The summed E-state index contributed by atoms with van der Waals surface area (Å²) in [7, 11) is 0. The van der Waals surface area contributed by atoms with Crippen molar-refractivity contribution in [1.82, 2.24) is 15.4 Å². The minimum absolute atomic E-state index is 0.0115. The third-order valence-electron chi connectivity index (χ3n) is 5.53. The predicted molar refractivity (Wildman–Crippen MR) is 132 cm³/mol. The summed E-state index contributed by atoms with van der Waals surface area (Å²) in [4.78, 5) is 22.6. The number of rotatable bonds is 7. The molecule has 1 aliphatic heterocycles. The molecule has 0 spiro atoms. The number of nitrogens with one attached hydrogen (secondary N) is 3. The highest BCUT2D eigenvalue weighted by Crippen LogP contribution is 2.32. The topological polar surface area (TPSA) is 91.3 Å². The van der Waals surface area contributed by atoms with Crippen LogP contribution in [0.5, 0.6) is 0 Å². The van der Waals surface area contributed by atoms with Gasteiger partial charge in [-0.2, -0.15) is 5.10 Å². The van der Waals surface area contributed by atoms with Crippen LogP contribution in [0.15, 0.2) is 69.8 Å². The van der Waals surface area contributed by atoms with Gasteiger partial charge in [0.05, 0.1) is 5.69 Å². The first kappa shape index (κ1) is 21.5.